The van der Waals surface area contributed by atoms with Crippen LogP contribution in [-0.4, -0.2) is 34.2 Å². The third-order valence-corrected chi connectivity index (χ3v) is 5.52. The van der Waals surface area contributed by atoms with Gasteiger partial charge in [-0.05, 0) is 56.2 Å². The van der Waals surface area contributed by atoms with Crippen LogP contribution in [0.2, 0.25) is 0 Å². The van der Waals surface area contributed by atoms with Gasteiger partial charge in [0.25, 0.3) is 0 Å². The minimum absolute atomic E-state index is 0.0937. The summed E-state index contributed by atoms with van der Waals surface area (Å²) in [6.45, 7) is 6.50. The molecular formula is C26H30N4O3. The molecule has 1 atom stereocenters. The standard InChI is InChI=1S/C26H30N4O3/c1-4-6-18-7-5-8-19(13-18)23-15-24(28-26(32)20-14-25(31)27-16-20)29-30(23)21-9-11-22(12-10-21)33-17(2)3/h5,7-13,15,17,20H,4,6,14,16H2,1-3H3,(H,27,31)(H,28,29,32)/t20-/m0/s1. The van der Waals surface area contributed by atoms with Crippen LogP contribution < -0.4 is 15.4 Å². The van der Waals surface area contributed by atoms with Crippen LogP contribution in [0, 0.1) is 5.92 Å². The fraction of sp³-hybridized carbons (Fsp3) is 0.346. The molecule has 172 valence electrons. The number of aromatic nitrogens is 2. The lowest BCUT2D eigenvalue weighted by Crippen LogP contribution is -2.24. The van der Waals surface area contributed by atoms with Crippen LogP contribution in [0.5, 0.6) is 5.75 Å². The van der Waals surface area contributed by atoms with E-state index in [4.69, 9.17) is 9.84 Å². The molecule has 1 saturated heterocycles. The normalized spacial score (nSPS) is 15.5. The van der Waals surface area contributed by atoms with E-state index >= 15 is 0 Å². The number of aryl methyl sites for hydroxylation is 1. The largest absolute Gasteiger partial charge is 0.491 e. The van der Waals surface area contributed by atoms with Crippen molar-refractivity contribution in [3.63, 3.8) is 0 Å². The summed E-state index contributed by atoms with van der Waals surface area (Å²) in [5.74, 6) is 0.561. The van der Waals surface area contributed by atoms with Gasteiger partial charge in [-0.1, -0.05) is 31.5 Å². The summed E-state index contributed by atoms with van der Waals surface area (Å²) >= 11 is 0. The molecule has 1 aliphatic rings. The summed E-state index contributed by atoms with van der Waals surface area (Å²) in [6.07, 6.45) is 2.36. The number of rotatable bonds is 8. The monoisotopic (exact) mass is 446 g/mol. The van der Waals surface area contributed by atoms with E-state index in [1.807, 2.05) is 61.0 Å². The maximum absolute atomic E-state index is 12.7. The van der Waals surface area contributed by atoms with Gasteiger partial charge in [0, 0.05) is 24.6 Å². The van der Waals surface area contributed by atoms with E-state index in [9.17, 15) is 9.59 Å². The summed E-state index contributed by atoms with van der Waals surface area (Å²) in [5, 5.41) is 10.3. The second-order valence-corrected chi connectivity index (χ2v) is 8.63. The topological polar surface area (TPSA) is 85.3 Å². The Morgan fingerprint density at radius 1 is 1.21 bits per heavy atom. The Labute approximate surface area is 194 Å². The molecule has 0 radical (unpaired) electrons. The van der Waals surface area contributed by atoms with Gasteiger partial charge in [-0.2, -0.15) is 0 Å². The molecule has 2 aromatic carbocycles. The molecule has 0 aliphatic carbocycles. The molecule has 3 aromatic rings. The second-order valence-electron chi connectivity index (χ2n) is 8.63. The molecule has 7 heteroatoms. The van der Waals surface area contributed by atoms with E-state index in [2.05, 4.69) is 29.7 Å². The smallest absolute Gasteiger partial charge is 0.230 e. The Hall–Kier alpha value is -3.61. The zero-order chi connectivity index (χ0) is 23.4. The highest BCUT2D eigenvalue weighted by Crippen LogP contribution is 2.28. The fourth-order valence-electron chi connectivity index (χ4n) is 3.98. The van der Waals surface area contributed by atoms with Crippen LogP contribution in [0.1, 0.15) is 39.2 Å². The molecular weight excluding hydrogens is 416 g/mol. The first-order valence-electron chi connectivity index (χ1n) is 11.5. The number of ether oxygens (including phenoxy) is 1. The molecule has 1 aliphatic heterocycles. The third kappa shape index (κ3) is 5.42. The maximum atomic E-state index is 12.7. The number of amides is 2. The van der Waals surface area contributed by atoms with E-state index in [1.54, 1.807) is 0 Å². The van der Waals surface area contributed by atoms with Gasteiger partial charge >= 0.3 is 0 Å². The third-order valence-electron chi connectivity index (χ3n) is 5.52. The number of hydrogen-bond donors (Lipinski definition) is 2. The Morgan fingerprint density at radius 2 is 2.00 bits per heavy atom. The molecule has 33 heavy (non-hydrogen) atoms. The summed E-state index contributed by atoms with van der Waals surface area (Å²) in [6, 6.07) is 18.0. The van der Waals surface area contributed by atoms with E-state index in [0.717, 1.165) is 35.5 Å². The molecule has 7 nitrogen and oxygen atoms in total. The molecule has 0 spiro atoms. The number of benzene rings is 2. The quantitative estimate of drug-likeness (QED) is 0.539. The van der Waals surface area contributed by atoms with Crippen molar-refractivity contribution in [3.05, 3.63) is 60.2 Å². The lowest BCUT2D eigenvalue weighted by Gasteiger charge is -2.12. The van der Waals surface area contributed by atoms with Gasteiger partial charge in [-0.25, -0.2) is 4.68 Å². The van der Waals surface area contributed by atoms with Crippen LogP contribution >= 0.6 is 0 Å². The van der Waals surface area contributed by atoms with Crippen molar-refractivity contribution in [1.82, 2.24) is 15.1 Å². The van der Waals surface area contributed by atoms with Crippen LogP contribution in [0.25, 0.3) is 16.9 Å². The first-order valence-corrected chi connectivity index (χ1v) is 11.5. The Morgan fingerprint density at radius 3 is 2.67 bits per heavy atom. The first kappa shape index (κ1) is 22.6. The molecule has 2 amide bonds. The lowest BCUT2D eigenvalue weighted by molar-refractivity contribution is -0.123. The molecule has 1 fully saturated rings. The molecule has 0 unspecified atom stereocenters. The van der Waals surface area contributed by atoms with Gasteiger partial charge in [0.2, 0.25) is 11.8 Å². The van der Waals surface area contributed by atoms with Gasteiger partial charge < -0.3 is 15.4 Å². The highest BCUT2D eigenvalue weighted by atomic mass is 16.5. The minimum Gasteiger partial charge on any atom is -0.491 e. The summed E-state index contributed by atoms with van der Waals surface area (Å²) in [7, 11) is 0. The first-order chi connectivity index (χ1) is 15.9. The number of nitrogens with one attached hydrogen (secondary N) is 2. The molecule has 0 saturated carbocycles. The van der Waals surface area contributed by atoms with E-state index in [1.165, 1.54) is 5.56 Å². The number of anilines is 1. The highest BCUT2D eigenvalue weighted by molar-refractivity contribution is 5.97. The summed E-state index contributed by atoms with van der Waals surface area (Å²) in [4.78, 5) is 24.2. The number of carbonyl (C=O) groups excluding carboxylic acids is 2. The average molecular weight is 447 g/mol. The van der Waals surface area contributed by atoms with Gasteiger partial charge in [-0.15, -0.1) is 5.10 Å². The van der Waals surface area contributed by atoms with Crippen molar-refractivity contribution < 1.29 is 14.3 Å². The predicted molar refractivity (Wildman–Crippen MR) is 129 cm³/mol. The lowest BCUT2D eigenvalue weighted by atomic mass is 10.0. The van der Waals surface area contributed by atoms with Gasteiger partial charge in [-0.3, -0.25) is 9.59 Å². The van der Waals surface area contributed by atoms with Crippen LogP contribution in [0.3, 0.4) is 0 Å². The second kappa shape index (κ2) is 9.90. The van der Waals surface area contributed by atoms with Crippen LogP contribution in [0.15, 0.2) is 54.6 Å². The Kier molecular flexibility index (Phi) is 6.77. The summed E-state index contributed by atoms with van der Waals surface area (Å²) in [5.41, 5.74) is 4.01. The number of nitrogens with zero attached hydrogens (tertiary/aromatic N) is 2. The minimum atomic E-state index is -0.383. The van der Waals surface area contributed by atoms with Crippen molar-refractivity contribution in [3.8, 4) is 22.7 Å². The molecule has 1 aromatic heterocycles. The highest BCUT2D eigenvalue weighted by Gasteiger charge is 2.28. The van der Waals surface area contributed by atoms with E-state index in [0.29, 0.717) is 12.4 Å². The maximum Gasteiger partial charge on any atom is 0.230 e. The van der Waals surface area contributed by atoms with Gasteiger partial charge in [0.1, 0.15) is 5.75 Å². The van der Waals surface area contributed by atoms with Gasteiger partial charge in [0.15, 0.2) is 5.82 Å². The van der Waals surface area contributed by atoms with Gasteiger partial charge in [0.05, 0.1) is 23.4 Å². The molecule has 4 rings (SSSR count). The van der Waals surface area contributed by atoms with Crippen molar-refractivity contribution in [2.24, 2.45) is 5.92 Å². The fourth-order valence-corrected chi connectivity index (χ4v) is 3.98. The van der Waals surface area contributed by atoms with Crippen molar-refractivity contribution in [2.45, 2.75) is 46.1 Å². The van der Waals surface area contributed by atoms with Crippen molar-refractivity contribution >= 4 is 17.6 Å². The Balaban J connectivity index is 1.68. The SMILES string of the molecule is CCCc1cccc(-c2cc(NC(=O)[C@@H]3CNC(=O)C3)nn2-c2ccc(OC(C)C)cc2)c1. The average Bonchev–Trinajstić information content (AvgIpc) is 3.41. The van der Waals surface area contributed by atoms with Crippen molar-refractivity contribution in [1.29, 1.82) is 0 Å². The van der Waals surface area contributed by atoms with Crippen LogP contribution in [0.4, 0.5) is 5.82 Å². The molecule has 2 N–H and O–H groups in total. The summed E-state index contributed by atoms with van der Waals surface area (Å²) < 4.78 is 7.60. The molecule has 2 heterocycles. The van der Waals surface area contributed by atoms with Crippen LogP contribution in [-0.2, 0) is 16.0 Å². The number of carbonyl (C=O) groups is 2. The predicted octanol–water partition coefficient (Wildman–Crippen LogP) is 4.35. The molecule has 0 bridgehead atoms. The van der Waals surface area contributed by atoms with Crippen molar-refractivity contribution in [2.75, 3.05) is 11.9 Å². The van der Waals surface area contributed by atoms with E-state index < -0.39 is 0 Å². The number of hydrogen-bond acceptors (Lipinski definition) is 4. The zero-order valence-corrected chi connectivity index (χ0v) is 19.3. The van der Waals surface area contributed by atoms with E-state index in [-0.39, 0.29) is 30.3 Å². The Bertz CT molecular complexity index is 1130. The zero-order valence-electron chi connectivity index (χ0n) is 19.3.